The first-order chi connectivity index (χ1) is 10.7. The van der Waals surface area contributed by atoms with E-state index in [0.29, 0.717) is 11.1 Å². The van der Waals surface area contributed by atoms with Gasteiger partial charge in [-0.15, -0.1) is 0 Å². The predicted molar refractivity (Wildman–Crippen MR) is 84.0 cm³/mol. The summed E-state index contributed by atoms with van der Waals surface area (Å²) in [6.07, 6.45) is 1.69. The maximum absolute atomic E-state index is 11.3. The zero-order chi connectivity index (χ0) is 15.5. The molecule has 0 aliphatic heterocycles. The number of carbonyl (C=O) groups is 1. The van der Waals surface area contributed by atoms with E-state index in [2.05, 4.69) is 19.7 Å². The summed E-state index contributed by atoms with van der Waals surface area (Å²) in [7, 11) is 1.35. The van der Waals surface area contributed by atoms with Gasteiger partial charge in [0.2, 0.25) is 0 Å². The average Bonchev–Trinajstić information content (AvgIpc) is 2.92. The molecule has 0 radical (unpaired) electrons. The van der Waals surface area contributed by atoms with Gasteiger partial charge in [-0.25, -0.2) is 9.59 Å². The Hall–Kier alpha value is -3.15. The highest BCUT2D eigenvalue weighted by Crippen LogP contribution is 2.17. The summed E-state index contributed by atoms with van der Waals surface area (Å²) in [5.41, 5.74) is 3.28. The number of carbonyl (C=O) groups excluding carboxylic acids is 1. The van der Waals surface area contributed by atoms with Gasteiger partial charge in [-0.1, -0.05) is 12.1 Å². The first kappa shape index (κ1) is 13.8. The van der Waals surface area contributed by atoms with Gasteiger partial charge in [-0.05, 0) is 35.9 Å². The smallest absolute Gasteiger partial charge is 0.337 e. The van der Waals surface area contributed by atoms with Crippen molar-refractivity contribution >= 4 is 28.9 Å². The topological polar surface area (TPSA) is 87.3 Å². The number of aromatic nitrogens is 2. The molecule has 0 aliphatic carbocycles. The second-order valence-corrected chi connectivity index (χ2v) is 4.68. The van der Waals surface area contributed by atoms with E-state index in [1.165, 1.54) is 7.11 Å². The van der Waals surface area contributed by atoms with E-state index in [1.807, 2.05) is 6.07 Å². The SMILES string of the molecule is COC(=O)c1ccc(C=Nc2ccc3[nH]c(=O)[nH]c3c2)cc1. The normalized spacial score (nSPS) is 11.1. The Labute approximate surface area is 125 Å². The van der Waals surface area contributed by atoms with Crippen LogP contribution < -0.4 is 5.69 Å². The van der Waals surface area contributed by atoms with Crippen molar-refractivity contribution in [2.75, 3.05) is 7.11 Å². The highest BCUT2D eigenvalue weighted by Gasteiger charge is 2.03. The minimum Gasteiger partial charge on any atom is -0.465 e. The Morgan fingerprint density at radius 2 is 1.82 bits per heavy atom. The molecule has 0 spiro atoms. The molecule has 2 aromatic carbocycles. The lowest BCUT2D eigenvalue weighted by Gasteiger charge is -1.99. The van der Waals surface area contributed by atoms with Crippen LogP contribution in [0.15, 0.2) is 52.3 Å². The van der Waals surface area contributed by atoms with Crippen molar-refractivity contribution in [1.29, 1.82) is 0 Å². The molecule has 6 nitrogen and oxygen atoms in total. The van der Waals surface area contributed by atoms with Gasteiger partial charge >= 0.3 is 11.7 Å². The van der Waals surface area contributed by atoms with Gasteiger partial charge in [-0.2, -0.15) is 0 Å². The highest BCUT2D eigenvalue weighted by atomic mass is 16.5. The number of H-pyrrole nitrogens is 2. The zero-order valence-corrected chi connectivity index (χ0v) is 11.8. The zero-order valence-electron chi connectivity index (χ0n) is 11.8. The molecular formula is C16H13N3O3. The van der Waals surface area contributed by atoms with Crippen molar-refractivity contribution in [3.8, 4) is 0 Å². The maximum atomic E-state index is 11.3. The van der Waals surface area contributed by atoms with Gasteiger partial charge in [0.15, 0.2) is 0 Å². The number of hydrogen-bond acceptors (Lipinski definition) is 4. The fraction of sp³-hybridized carbons (Fsp3) is 0.0625. The van der Waals surface area contributed by atoms with Gasteiger partial charge in [0.05, 0.1) is 29.4 Å². The van der Waals surface area contributed by atoms with Crippen LogP contribution in [-0.4, -0.2) is 29.3 Å². The van der Waals surface area contributed by atoms with Crippen molar-refractivity contribution in [3.63, 3.8) is 0 Å². The van der Waals surface area contributed by atoms with Crippen LogP contribution in [0, 0.1) is 0 Å². The van der Waals surface area contributed by atoms with Crippen LogP contribution in [0.25, 0.3) is 11.0 Å². The number of hydrogen-bond donors (Lipinski definition) is 2. The predicted octanol–water partition coefficient (Wildman–Crippen LogP) is 2.39. The minimum absolute atomic E-state index is 0.241. The van der Waals surface area contributed by atoms with Crippen LogP contribution in [0.1, 0.15) is 15.9 Å². The van der Waals surface area contributed by atoms with Crippen LogP contribution in [-0.2, 0) is 4.74 Å². The number of ether oxygens (including phenoxy) is 1. The summed E-state index contributed by atoms with van der Waals surface area (Å²) in [5, 5.41) is 0. The maximum Gasteiger partial charge on any atom is 0.337 e. The quantitative estimate of drug-likeness (QED) is 0.574. The monoisotopic (exact) mass is 295 g/mol. The minimum atomic E-state index is -0.370. The number of nitrogens with one attached hydrogen (secondary N) is 2. The summed E-state index contributed by atoms with van der Waals surface area (Å²) < 4.78 is 4.64. The van der Waals surface area contributed by atoms with Crippen molar-refractivity contribution in [2.24, 2.45) is 4.99 Å². The molecule has 2 N–H and O–H groups in total. The molecular weight excluding hydrogens is 282 g/mol. The van der Waals surface area contributed by atoms with Crippen molar-refractivity contribution in [2.45, 2.75) is 0 Å². The van der Waals surface area contributed by atoms with Gasteiger partial charge in [0.25, 0.3) is 0 Å². The largest absolute Gasteiger partial charge is 0.465 e. The molecule has 0 aliphatic rings. The van der Waals surface area contributed by atoms with Gasteiger partial charge < -0.3 is 14.7 Å². The third kappa shape index (κ3) is 2.80. The lowest BCUT2D eigenvalue weighted by Crippen LogP contribution is -2.00. The van der Waals surface area contributed by atoms with Crippen LogP contribution in [0.3, 0.4) is 0 Å². The molecule has 0 saturated carbocycles. The second-order valence-electron chi connectivity index (χ2n) is 4.68. The van der Waals surface area contributed by atoms with Crippen LogP contribution >= 0.6 is 0 Å². The van der Waals surface area contributed by atoms with Crippen molar-refractivity contribution < 1.29 is 9.53 Å². The fourth-order valence-corrected chi connectivity index (χ4v) is 2.07. The molecule has 3 rings (SSSR count). The van der Waals surface area contributed by atoms with E-state index in [1.54, 1.807) is 42.6 Å². The summed E-state index contributed by atoms with van der Waals surface area (Å²) in [6, 6.07) is 12.3. The third-order valence-corrected chi connectivity index (χ3v) is 3.19. The Morgan fingerprint density at radius 1 is 1.09 bits per heavy atom. The molecule has 1 heterocycles. The van der Waals surface area contributed by atoms with Gasteiger partial charge in [-0.3, -0.25) is 4.99 Å². The molecule has 0 unspecified atom stereocenters. The molecule has 0 saturated heterocycles. The molecule has 0 atom stereocenters. The van der Waals surface area contributed by atoms with Crippen molar-refractivity contribution in [1.82, 2.24) is 9.97 Å². The Bertz CT molecular complexity index is 904. The van der Waals surface area contributed by atoms with Gasteiger partial charge in [0, 0.05) is 6.21 Å². The number of fused-ring (bicyclic) bond motifs is 1. The Balaban J connectivity index is 1.82. The van der Waals surface area contributed by atoms with E-state index in [0.717, 1.165) is 16.8 Å². The third-order valence-electron chi connectivity index (χ3n) is 3.19. The number of esters is 1. The number of nitrogens with zero attached hydrogens (tertiary/aromatic N) is 1. The van der Waals surface area contributed by atoms with Crippen LogP contribution in [0.4, 0.5) is 5.69 Å². The van der Waals surface area contributed by atoms with E-state index >= 15 is 0 Å². The summed E-state index contributed by atoms with van der Waals surface area (Å²) in [6.45, 7) is 0. The number of imidazole rings is 1. The molecule has 6 heteroatoms. The number of methoxy groups -OCH3 is 1. The summed E-state index contributed by atoms with van der Waals surface area (Å²) >= 11 is 0. The summed E-state index contributed by atoms with van der Waals surface area (Å²) in [4.78, 5) is 32.3. The van der Waals surface area contributed by atoms with Crippen LogP contribution in [0.2, 0.25) is 0 Å². The number of benzene rings is 2. The van der Waals surface area contributed by atoms with E-state index in [4.69, 9.17) is 0 Å². The second kappa shape index (κ2) is 5.69. The molecule has 0 bridgehead atoms. The van der Waals surface area contributed by atoms with Crippen molar-refractivity contribution in [3.05, 3.63) is 64.1 Å². The molecule has 0 amide bonds. The average molecular weight is 295 g/mol. The standard InChI is InChI=1S/C16H13N3O3/c1-22-15(20)11-4-2-10(3-5-11)9-17-12-6-7-13-14(8-12)19-16(21)18-13/h2-9H,1H3,(H2,18,19,21). The number of aliphatic imine (C=N–C) groups is 1. The highest BCUT2D eigenvalue weighted by molar-refractivity contribution is 5.91. The van der Waals surface area contributed by atoms with E-state index in [9.17, 15) is 9.59 Å². The first-order valence-corrected chi connectivity index (χ1v) is 6.60. The first-order valence-electron chi connectivity index (χ1n) is 6.60. The van der Waals surface area contributed by atoms with E-state index < -0.39 is 0 Å². The molecule has 1 aromatic heterocycles. The number of rotatable bonds is 3. The van der Waals surface area contributed by atoms with E-state index in [-0.39, 0.29) is 11.7 Å². The molecule has 22 heavy (non-hydrogen) atoms. The number of aromatic amines is 2. The van der Waals surface area contributed by atoms with Gasteiger partial charge in [0.1, 0.15) is 0 Å². The lowest BCUT2D eigenvalue weighted by atomic mass is 10.1. The lowest BCUT2D eigenvalue weighted by molar-refractivity contribution is 0.0600. The fourth-order valence-electron chi connectivity index (χ4n) is 2.07. The Morgan fingerprint density at radius 3 is 2.55 bits per heavy atom. The summed E-state index contributed by atoms with van der Waals surface area (Å²) in [5.74, 6) is -0.370. The molecule has 3 aromatic rings. The molecule has 110 valence electrons. The Kier molecular flexibility index (Phi) is 3.57. The molecule has 0 fully saturated rings. The van der Waals surface area contributed by atoms with Crippen LogP contribution in [0.5, 0.6) is 0 Å².